The highest BCUT2D eigenvalue weighted by Crippen LogP contribution is 2.22. The third-order valence-corrected chi connectivity index (χ3v) is 3.44. The van der Waals surface area contributed by atoms with Crippen molar-refractivity contribution in [2.45, 2.75) is 44.8 Å². The molecule has 0 saturated carbocycles. The summed E-state index contributed by atoms with van der Waals surface area (Å²) < 4.78 is 5.18. The molecular formula is C11H20N2O2. The first-order valence-corrected chi connectivity index (χ1v) is 5.98. The molecule has 0 spiro atoms. The average molecular weight is 212 g/mol. The normalized spacial score (nSPS) is 32.5. The predicted octanol–water partition coefficient (Wildman–Crippen LogP) is 1.36. The minimum Gasteiger partial charge on any atom is -0.444 e. The van der Waals surface area contributed by atoms with Gasteiger partial charge in [-0.05, 0) is 25.9 Å². The molecule has 2 rings (SSSR count). The Kier molecular flexibility index (Phi) is 3.46. The fourth-order valence-electron chi connectivity index (χ4n) is 2.61. The first-order chi connectivity index (χ1) is 7.29. The molecule has 2 heterocycles. The van der Waals surface area contributed by atoms with Gasteiger partial charge < -0.3 is 15.0 Å². The van der Waals surface area contributed by atoms with Gasteiger partial charge in [0.05, 0.1) is 6.54 Å². The summed E-state index contributed by atoms with van der Waals surface area (Å²) in [6.45, 7) is 5.21. The maximum absolute atomic E-state index is 10.9. The van der Waals surface area contributed by atoms with E-state index in [2.05, 4.69) is 17.1 Å². The standard InChI is InChI=1S/C11H20N2O2/c1-2-13-6-4-3-5-9(13)7-10-8-12-11(14)15-10/h9-10H,2-8H2,1H3,(H,12,14). The Balaban J connectivity index is 1.83. The highest BCUT2D eigenvalue weighted by Gasteiger charge is 2.29. The molecule has 2 aliphatic heterocycles. The van der Waals surface area contributed by atoms with Crippen molar-refractivity contribution < 1.29 is 9.53 Å². The van der Waals surface area contributed by atoms with Crippen LogP contribution in [0.1, 0.15) is 32.6 Å². The molecule has 0 aliphatic carbocycles. The lowest BCUT2D eigenvalue weighted by molar-refractivity contribution is 0.0852. The summed E-state index contributed by atoms with van der Waals surface area (Å²) >= 11 is 0. The molecular weight excluding hydrogens is 192 g/mol. The molecule has 15 heavy (non-hydrogen) atoms. The van der Waals surface area contributed by atoms with Crippen LogP contribution < -0.4 is 5.32 Å². The molecule has 0 radical (unpaired) electrons. The van der Waals surface area contributed by atoms with Crippen LogP contribution in [0.4, 0.5) is 4.79 Å². The molecule has 0 aromatic rings. The van der Waals surface area contributed by atoms with Crippen LogP contribution in [-0.4, -0.2) is 42.8 Å². The number of ether oxygens (including phenoxy) is 1. The van der Waals surface area contributed by atoms with Crippen LogP contribution in [0, 0.1) is 0 Å². The molecule has 0 aromatic carbocycles. The van der Waals surface area contributed by atoms with Gasteiger partial charge in [0.1, 0.15) is 6.10 Å². The number of carbonyl (C=O) groups excluding carboxylic acids is 1. The topological polar surface area (TPSA) is 41.6 Å². The second-order valence-electron chi connectivity index (χ2n) is 4.42. The molecule has 86 valence electrons. The number of alkyl carbamates (subject to hydrolysis) is 1. The molecule has 0 bridgehead atoms. The minimum absolute atomic E-state index is 0.0923. The van der Waals surface area contributed by atoms with Crippen molar-refractivity contribution in [3.05, 3.63) is 0 Å². The van der Waals surface area contributed by atoms with Gasteiger partial charge in [-0.2, -0.15) is 0 Å². The number of piperidine rings is 1. The average Bonchev–Trinajstić information content (AvgIpc) is 2.65. The number of amides is 1. The van der Waals surface area contributed by atoms with Crippen molar-refractivity contribution in [2.75, 3.05) is 19.6 Å². The van der Waals surface area contributed by atoms with Gasteiger partial charge in [0.15, 0.2) is 0 Å². The fraction of sp³-hybridized carbons (Fsp3) is 0.909. The predicted molar refractivity (Wildman–Crippen MR) is 57.8 cm³/mol. The lowest BCUT2D eigenvalue weighted by atomic mass is 9.97. The van der Waals surface area contributed by atoms with Crippen LogP contribution in [0.5, 0.6) is 0 Å². The number of hydrogen-bond donors (Lipinski definition) is 1. The highest BCUT2D eigenvalue weighted by atomic mass is 16.6. The molecule has 2 unspecified atom stereocenters. The fourth-order valence-corrected chi connectivity index (χ4v) is 2.61. The summed E-state index contributed by atoms with van der Waals surface area (Å²) in [5.74, 6) is 0. The van der Waals surface area contributed by atoms with E-state index in [0.717, 1.165) is 13.0 Å². The summed E-state index contributed by atoms with van der Waals surface area (Å²) in [5.41, 5.74) is 0. The van der Waals surface area contributed by atoms with Gasteiger partial charge >= 0.3 is 6.09 Å². The van der Waals surface area contributed by atoms with E-state index in [9.17, 15) is 4.79 Å². The smallest absolute Gasteiger partial charge is 0.407 e. The van der Waals surface area contributed by atoms with Crippen molar-refractivity contribution >= 4 is 6.09 Å². The zero-order valence-corrected chi connectivity index (χ0v) is 9.37. The molecule has 1 amide bonds. The van der Waals surface area contributed by atoms with Crippen LogP contribution in [0.25, 0.3) is 0 Å². The second-order valence-corrected chi connectivity index (χ2v) is 4.42. The lowest BCUT2D eigenvalue weighted by Gasteiger charge is -2.35. The van der Waals surface area contributed by atoms with Gasteiger partial charge in [-0.15, -0.1) is 0 Å². The van der Waals surface area contributed by atoms with Gasteiger partial charge in [0.25, 0.3) is 0 Å². The van der Waals surface area contributed by atoms with Crippen molar-refractivity contribution in [2.24, 2.45) is 0 Å². The Morgan fingerprint density at radius 1 is 1.53 bits per heavy atom. The number of cyclic esters (lactones) is 1. The van der Waals surface area contributed by atoms with Crippen LogP contribution in [-0.2, 0) is 4.74 Å². The van der Waals surface area contributed by atoms with Crippen LogP contribution in [0.15, 0.2) is 0 Å². The largest absolute Gasteiger partial charge is 0.444 e. The first kappa shape index (κ1) is 10.7. The van der Waals surface area contributed by atoms with E-state index in [-0.39, 0.29) is 12.2 Å². The Hall–Kier alpha value is -0.770. The first-order valence-electron chi connectivity index (χ1n) is 5.98. The molecule has 4 nitrogen and oxygen atoms in total. The van der Waals surface area contributed by atoms with E-state index >= 15 is 0 Å². The van der Waals surface area contributed by atoms with Gasteiger partial charge in [-0.25, -0.2) is 4.79 Å². The molecule has 2 atom stereocenters. The number of hydrogen-bond acceptors (Lipinski definition) is 3. The zero-order valence-electron chi connectivity index (χ0n) is 9.37. The summed E-state index contributed by atoms with van der Waals surface area (Å²) in [6, 6.07) is 0.612. The minimum atomic E-state index is -0.251. The zero-order chi connectivity index (χ0) is 10.7. The molecule has 2 fully saturated rings. The van der Waals surface area contributed by atoms with Gasteiger partial charge in [0, 0.05) is 12.5 Å². The number of rotatable bonds is 3. The lowest BCUT2D eigenvalue weighted by Crippen LogP contribution is -2.41. The molecule has 2 aliphatic rings. The maximum atomic E-state index is 10.9. The summed E-state index contributed by atoms with van der Waals surface area (Å²) in [5, 5.41) is 2.71. The van der Waals surface area contributed by atoms with E-state index in [1.165, 1.54) is 25.8 Å². The number of likely N-dealkylation sites (tertiary alicyclic amines) is 1. The van der Waals surface area contributed by atoms with E-state index in [1.54, 1.807) is 0 Å². The molecule has 1 N–H and O–H groups in total. The van der Waals surface area contributed by atoms with Gasteiger partial charge in [-0.1, -0.05) is 13.3 Å². The monoisotopic (exact) mass is 212 g/mol. The van der Waals surface area contributed by atoms with Crippen molar-refractivity contribution in [1.29, 1.82) is 0 Å². The van der Waals surface area contributed by atoms with Crippen molar-refractivity contribution in [1.82, 2.24) is 10.2 Å². The van der Waals surface area contributed by atoms with Crippen LogP contribution in [0.2, 0.25) is 0 Å². The third-order valence-electron chi connectivity index (χ3n) is 3.44. The number of carbonyl (C=O) groups is 1. The molecule has 4 heteroatoms. The van der Waals surface area contributed by atoms with Crippen LogP contribution >= 0.6 is 0 Å². The second kappa shape index (κ2) is 4.84. The molecule has 2 saturated heterocycles. The van der Waals surface area contributed by atoms with Crippen LogP contribution in [0.3, 0.4) is 0 Å². The summed E-state index contributed by atoms with van der Waals surface area (Å²) in [7, 11) is 0. The SMILES string of the molecule is CCN1CCCCC1CC1CNC(=O)O1. The third kappa shape index (κ3) is 2.62. The Bertz CT molecular complexity index is 233. The van der Waals surface area contributed by atoms with E-state index < -0.39 is 0 Å². The van der Waals surface area contributed by atoms with Crippen molar-refractivity contribution in [3.8, 4) is 0 Å². The van der Waals surface area contributed by atoms with E-state index in [4.69, 9.17) is 4.74 Å². The number of nitrogens with zero attached hydrogens (tertiary/aromatic N) is 1. The van der Waals surface area contributed by atoms with E-state index in [1.807, 2.05) is 0 Å². The quantitative estimate of drug-likeness (QED) is 0.768. The summed E-state index contributed by atoms with van der Waals surface area (Å²) in [6.07, 6.45) is 4.71. The maximum Gasteiger partial charge on any atom is 0.407 e. The number of nitrogens with one attached hydrogen (secondary N) is 1. The van der Waals surface area contributed by atoms with Gasteiger partial charge in [0.2, 0.25) is 0 Å². The highest BCUT2D eigenvalue weighted by molar-refractivity contribution is 5.69. The van der Waals surface area contributed by atoms with Crippen molar-refractivity contribution in [3.63, 3.8) is 0 Å². The Labute approximate surface area is 91.0 Å². The van der Waals surface area contributed by atoms with E-state index in [0.29, 0.717) is 12.6 Å². The van der Waals surface area contributed by atoms with Gasteiger partial charge in [-0.3, -0.25) is 0 Å². The Morgan fingerprint density at radius 3 is 3.07 bits per heavy atom. The Morgan fingerprint density at radius 2 is 2.40 bits per heavy atom. The molecule has 0 aromatic heterocycles. The summed E-state index contributed by atoms with van der Waals surface area (Å²) in [4.78, 5) is 13.4.